The van der Waals surface area contributed by atoms with E-state index in [0.29, 0.717) is 12.1 Å². The zero-order valence-electron chi connectivity index (χ0n) is 10.3. The van der Waals surface area contributed by atoms with Gasteiger partial charge in [-0.05, 0) is 30.7 Å². The first kappa shape index (κ1) is 11.5. The zero-order chi connectivity index (χ0) is 12.0. The predicted molar refractivity (Wildman–Crippen MR) is 74.1 cm³/mol. The number of hydrogen-bond donors (Lipinski definition) is 0. The second-order valence-corrected chi connectivity index (χ2v) is 5.99. The highest BCUT2D eigenvalue weighted by Crippen LogP contribution is 2.31. The van der Waals surface area contributed by atoms with Gasteiger partial charge in [-0.2, -0.15) is 0 Å². The Bertz CT molecular complexity index is 390. The fourth-order valence-electron chi connectivity index (χ4n) is 2.97. The van der Waals surface area contributed by atoms with Crippen LogP contribution in [0.15, 0.2) is 28.7 Å². The van der Waals surface area contributed by atoms with E-state index in [1.54, 1.807) is 0 Å². The lowest BCUT2D eigenvalue weighted by atomic mass is 10.0. The maximum Gasteiger partial charge on any atom is 0.0434 e. The molecule has 4 heteroatoms. The fraction of sp³-hybridized carbons (Fsp3) is 0.538. The average molecular weight is 296 g/mol. The van der Waals surface area contributed by atoms with Crippen molar-refractivity contribution in [3.63, 3.8) is 0 Å². The summed E-state index contributed by atoms with van der Waals surface area (Å²) in [5.41, 5.74) is 1.34. The van der Waals surface area contributed by atoms with Crippen molar-refractivity contribution in [1.82, 2.24) is 10.0 Å². The fourth-order valence-corrected chi connectivity index (χ4v) is 3.23. The highest BCUT2D eigenvalue weighted by atomic mass is 79.9. The summed E-state index contributed by atoms with van der Waals surface area (Å²) in [4.78, 5) is 2.51. The van der Waals surface area contributed by atoms with Gasteiger partial charge in [-0.3, -0.25) is 0 Å². The molecular formula is C13H18BrN3. The average Bonchev–Trinajstić information content (AvgIpc) is 2.54. The Labute approximate surface area is 111 Å². The lowest BCUT2D eigenvalue weighted by Gasteiger charge is -2.33. The van der Waals surface area contributed by atoms with Gasteiger partial charge in [0, 0.05) is 49.4 Å². The molecule has 1 aromatic rings. The third-order valence-corrected chi connectivity index (χ3v) is 4.68. The van der Waals surface area contributed by atoms with Crippen molar-refractivity contribution in [3.8, 4) is 0 Å². The van der Waals surface area contributed by atoms with Gasteiger partial charge < -0.3 is 4.90 Å². The SMILES string of the molecule is CN1C2CC(CN(c3ccc(Br)cc3)C2)N1C. The van der Waals surface area contributed by atoms with E-state index < -0.39 is 0 Å². The molecule has 3 nitrogen and oxygen atoms in total. The lowest BCUT2D eigenvalue weighted by molar-refractivity contribution is 0.0409. The first-order valence-electron chi connectivity index (χ1n) is 6.11. The summed E-state index contributed by atoms with van der Waals surface area (Å²) in [6.45, 7) is 2.28. The first-order chi connectivity index (χ1) is 8.15. The minimum Gasteiger partial charge on any atom is -0.368 e. The van der Waals surface area contributed by atoms with Crippen molar-refractivity contribution >= 4 is 21.6 Å². The molecule has 0 aromatic heterocycles. The van der Waals surface area contributed by atoms with Gasteiger partial charge in [-0.15, -0.1) is 0 Å². The van der Waals surface area contributed by atoms with Crippen molar-refractivity contribution in [2.24, 2.45) is 0 Å². The zero-order valence-corrected chi connectivity index (χ0v) is 11.9. The van der Waals surface area contributed by atoms with Crippen molar-refractivity contribution in [3.05, 3.63) is 28.7 Å². The summed E-state index contributed by atoms with van der Waals surface area (Å²) < 4.78 is 1.15. The number of hydrazine groups is 1. The van der Waals surface area contributed by atoms with Crippen LogP contribution in [-0.2, 0) is 0 Å². The molecule has 0 aliphatic carbocycles. The molecule has 0 N–H and O–H groups in total. The second-order valence-electron chi connectivity index (χ2n) is 5.07. The summed E-state index contributed by atoms with van der Waals surface area (Å²) in [5.74, 6) is 0. The van der Waals surface area contributed by atoms with E-state index in [2.05, 4.69) is 69.2 Å². The summed E-state index contributed by atoms with van der Waals surface area (Å²) in [6.07, 6.45) is 1.31. The number of likely N-dealkylation sites (N-methyl/N-ethyl adjacent to an activating group) is 2. The maximum atomic E-state index is 3.49. The Hall–Kier alpha value is -0.580. The quantitative estimate of drug-likeness (QED) is 0.786. The number of hydrogen-bond acceptors (Lipinski definition) is 3. The molecule has 2 saturated heterocycles. The van der Waals surface area contributed by atoms with Crippen LogP contribution in [-0.4, -0.2) is 49.3 Å². The largest absolute Gasteiger partial charge is 0.368 e. The number of benzene rings is 1. The van der Waals surface area contributed by atoms with Gasteiger partial charge in [0.2, 0.25) is 0 Å². The third-order valence-electron chi connectivity index (χ3n) is 4.15. The molecule has 2 heterocycles. The van der Waals surface area contributed by atoms with E-state index in [9.17, 15) is 0 Å². The van der Waals surface area contributed by atoms with E-state index in [1.165, 1.54) is 12.1 Å². The van der Waals surface area contributed by atoms with Crippen molar-refractivity contribution in [2.75, 3.05) is 32.1 Å². The van der Waals surface area contributed by atoms with Crippen molar-refractivity contribution in [2.45, 2.75) is 18.5 Å². The molecule has 0 spiro atoms. The topological polar surface area (TPSA) is 9.72 Å². The summed E-state index contributed by atoms with van der Waals surface area (Å²) in [6, 6.07) is 9.99. The summed E-state index contributed by atoms with van der Waals surface area (Å²) in [5, 5.41) is 4.78. The summed E-state index contributed by atoms with van der Waals surface area (Å²) >= 11 is 3.49. The Kier molecular flexibility index (Phi) is 2.89. The Morgan fingerprint density at radius 2 is 1.53 bits per heavy atom. The lowest BCUT2D eigenvalue weighted by Crippen LogP contribution is -2.43. The number of piperidine rings is 1. The Balaban J connectivity index is 1.81. The van der Waals surface area contributed by atoms with Crippen LogP contribution in [0.25, 0.3) is 0 Å². The first-order valence-corrected chi connectivity index (χ1v) is 6.90. The van der Waals surface area contributed by atoms with Crippen LogP contribution in [0.5, 0.6) is 0 Å². The molecule has 1 aromatic carbocycles. The smallest absolute Gasteiger partial charge is 0.0434 e. The van der Waals surface area contributed by atoms with E-state index >= 15 is 0 Å². The minimum absolute atomic E-state index is 0.669. The Morgan fingerprint density at radius 1 is 1.00 bits per heavy atom. The third kappa shape index (κ3) is 1.98. The van der Waals surface area contributed by atoms with Gasteiger partial charge in [0.1, 0.15) is 0 Å². The molecule has 0 amide bonds. The Morgan fingerprint density at radius 3 is 2.06 bits per heavy atom. The maximum absolute atomic E-state index is 3.49. The monoisotopic (exact) mass is 295 g/mol. The predicted octanol–water partition coefficient (Wildman–Crippen LogP) is 2.19. The molecule has 2 bridgehead atoms. The molecule has 2 atom stereocenters. The minimum atomic E-state index is 0.669. The molecule has 2 unspecified atom stereocenters. The van der Waals surface area contributed by atoms with Gasteiger partial charge in [-0.25, -0.2) is 10.0 Å². The highest BCUT2D eigenvalue weighted by Gasteiger charge is 2.40. The van der Waals surface area contributed by atoms with Crippen LogP contribution in [0.1, 0.15) is 6.42 Å². The van der Waals surface area contributed by atoms with Crippen LogP contribution in [0.3, 0.4) is 0 Å². The van der Waals surface area contributed by atoms with Gasteiger partial charge in [0.05, 0.1) is 0 Å². The van der Waals surface area contributed by atoms with E-state index in [1.807, 2.05) is 0 Å². The molecule has 2 fully saturated rings. The van der Waals surface area contributed by atoms with Crippen molar-refractivity contribution in [1.29, 1.82) is 0 Å². The van der Waals surface area contributed by atoms with Crippen LogP contribution in [0.2, 0.25) is 0 Å². The molecule has 92 valence electrons. The van der Waals surface area contributed by atoms with E-state index in [4.69, 9.17) is 0 Å². The highest BCUT2D eigenvalue weighted by molar-refractivity contribution is 9.10. The molecule has 3 rings (SSSR count). The van der Waals surface area contributed by atoms with E-state index in [-0.39, 0.29) is 0 Å². The van der Waals surface area contributed by atoms with E-state index in [0.717, 1.165) is 17.6 Å². The van der Waals surface area contributed by atoms with Crippen LogP contribution in [0.4, 0.5) is 5.69 Å². The number of halogens is 1. The van der Waals surface area contributed by atoms with Gasteiger partial charge in [0.25, 0.3) is 0 Å². The van der Waals surface area contributed by atoms with Gasteiger partial charge >= 0.3 is 0 Å². The van der Waals surface area contributed by atoms with Gasteiger partial charge in [-0.1, -0.05) is 15.9 Å². The molecule has 0 saturated carbocycles. The summed E-state index contributed by atoms with van der Waals surface area (Å²) in [7, 11) is 4.41. The number of rotatable bonds is 1. The number of nitrogens with zero attached hydrogens (tertiary/aromatic N) is 3. The number of anilines is 1. The number of fused-ring (bicyclic) bond motifs is 2. The molecule has 2 aliphatic rings. The van der Waals surface area contributed by atoms with Crippen LogP contribution < -0.4 is 4.90 Å². The van der Waals surface area contributed by atoms with Crippen LogP contribution in [0, 0.1) is 0 Å². The molecule has 0 radical (unpaired) electrons. The van der Waals surface area contributed by atoms with Crippen molar-refractivity contribution < 1.29 is 0 Å². The second kappa shape index (κ2) is 4.26. The molecule has 17 heavy (non-hydrogen) atoms. The normalized spacial score (nSPS) is 29.9. The van der Waals surface area contributed by atoms with Gasteiger partial charge in [0.15, 0.2) is 0 Å². The van der Waals surface area contributed by atoms with Crippen LogP contribution >= 0.6 is 15.9 Å². The standard InChI is InChI=1S/C13H18BrN3/c1-15-12-7-13(16(15)2)9-17(8-12)11-5-3-10(14)4-6-11/h3-6,12-13H,7-9H2,1-2H3. The molecular weight excluding hydrogens is 278 g/mol. The molecule has 2 aliphatic heterocycles.